The topological polar surface area (TPSA) is 59.9 Å². The molecule has 28 heavy (non-hydrogen) atoms. The van der Waals surface area contributed by atoms with Gasteiger partial charge < -0.3 is 15.1 Å². The number of hydrogen-bond donors (Lipinski definition) is 1. The van der Waals surface area contributed by atoms with Crippen LogP contribution in [-0.2, 0) is 6.54 Å². The molecule has 2 heterocycles. The number of halogens is 1. The predicted molar refractivity (Wildman–Crippen MR) is 125 cm³/mol. The van der Waals surface area contributed by atoms with E-state index < -0.39 is 0 Å². The van der Waals surface area contributed by atoms with E-state index in [0.717, 1.165) is 51.2 Å². The molecule has 152 valence electrons. The van der Waals surface area contributed by atoms with Gasteiger partial charge in [0.25, 0.3) is 0 Å². The molecular weight excluding hydrogens is 465 g/mol. The van der Waals surface area contributed by atoms with Gasteiger partial charge in [0.2, 0.25) is 5.95 Å². The zero-order valence-corrected chi connectivity index (χ0v) is 19.0. The maximum Gasteiger partial charge on any atom is 0.225 e. The molecule has 1 fully saturated rings. The molecule has 1 aromatic carbocycles. The Morgan fingerprint density at radius 1 is 1.04 bits per heavy atom. The highest BCUT2D eigenvalue weighted by Crippen LogP contribution is 2.09. The smallest absolute Gasteiger partial charge is 0.225 e. The SMILES string of the molecule is CN(C)C(=NCc1ccccc1)NCCN1CCN(c2ncccn2)CC1.I. The lowest BCUT2D eigenvalue weighted by atomic mass is 10.2. The van der Waals surface area contributed by atoms with Crippen LogP contribution in [0.15, 0.2) is 53.8 Å². The first-order chi connectivity index (χ1) is 13.2. The van der Waals surface area contributed by atoms with Gasteiger partial charge in [0.15, 0.2) is 5.96 Å². The van der Waals surface area contributed by atoms with E-state index in [1.165, 1.54) is 5.56 Å². The highest BCUT2D eigenvalue weighted by atomic mass is 127. The van der Waals surface area contributed by atoms with Gasteiger partial charge in [0, 0.05) is 65.8 Å². The molecule has 0 atom stereocenters. The number of aliphatic imine (C=N–C) groups is 1. The third-order valence-electron chi connectivity index (χ3n) is 4.60. The molecule has 7 nitrogen and oxygen atoms in total. The van der Waals surface area contributed by atoms with Crippen LogP contribution in [0.5, 0.6) is 0 Å². The fraction of sp³-hybridized carbons (Fsp3) is 0.450. The number of guanidine groups is 1. The number of aromatic nitrogens is 2. The van der Waals surface area contributed by atoms with E-state index in [-0.39, 0.29) is 24.0 Å². The second-order valence-electron chi connectivity index (χ2n) is 6.82. The van der Waals surface area contributed by atoms with Gasteiger partial charge in [0.05, 0.1) is 6.54 Å². The molecule has 0 saturated carbocycles. The minimum Gasteiger partial charge on any atom is -0.355 e. The zero-order chi connectivity index (χ0) is 18.9. The summed E-state index contributed by atoms with van der Waals surface area (Å²) < 4.78 is 0. The Morgan fingerprint density at radius 3 is 2.36 bits per heavy atom. The molecule has 1 N–H and O–H groups in total. The second-order valence-corrected chi connectivity index (χ2v) is 6.82. The van der Waals surface area contributed by atoms with Crippen LogP contribution in [0.2, 0.25) is 0 Å². The standard InChI is InChI=1S/C20H29N7.HI/c1-25(2)19(24-17-18-7-4-3-5-8-18)23-11-12-26-13-15-27(16-14-26)20-21-9-6-10-22-20;/h3-10H,11-17H2,1-2H3,(H,23,24);1H. The van der Waals surface area contributed by atoms with Crippen molar-refractivity contribution in [1.82, 2.24) is 25.1 Å². The zero-order valence-electron chi connectivity index (χ0n) is 16.7. The summed E-state index contributed by atoms with van der Waals surface area (Å²) in [5.74, 6) is 1.76. The summed E-state index contributed by atoms with van der Waals surface area (Å²) in [6.45, 7) is 6.56. The lowest BCUT2D eigenvalue weighted by Crippen LogP contribution is -2.49. The molecular formula is C20H30IN7. The van der Waals surface area contributed by atoms with Crippen molar-refractivity contribution in [3.8, 4) is 0 Å². The first kappa shape index (κ1) is 22.4. The van der Waals surface area contributed by atoms with Crippen LogP contribution in [-0.4, -0.2) is 79.1 Å². The van der Waals surface area contributed by atoms with Crippen molar-refractivity contribution in [2.75, 3.05) is 58.3 Å². The van der Waals surface area contributed by atoms with Gasteiger partial charge in [-0.05, 0) is 11.6 Å². The number of rotatable bonds is 6. The number of anilines is 1. The third kappa shape index (κ3) is 6.90. The molecule has 0 unspecified atom stereocenters. The molecule has 1 aliphatic rings. The predicted octanol–water partition coefficient (Wildman–Crippen LogP) is 1.92. The Labute approximate surface area is 184 Å². The van der Waals surface area contributed by atoms with Gasteiger partial charge in [-0.25, -0.2) is 15.0 Å². The summed E-state index contributed by atoms with van der Waals surface area (Å²) in [7, 11) is 4.05. The quantitative estimate of drug-likeness (QED) is 0.376. The van der Waals surface area contributed by atoms with Crippen molar-refractivity contribution < 1.29 is 0 Å². The Bertz CT molecular complexity index is 701. The number of benzene rings is 1. The molecule has 1 saturated heterocycles. The molecule has 1 aromatic heterocycles. The number of nitrogens with one attached hydrogen (secondary N) is 1. The summed E-state index contributed by atoms with van der Waals surface area (Å²) in [5, 5.41) is 3.48. The lowest BCUT2D eigenvalue weighted by molar-refractivity contribution is 0.259. The molecule has 0 amide bonds. The number of hydrogen-bond acceptors (Lipinski definition) is 5. The van der Waals surface area contributed by atoms with Crippen LogP contribution in [0.1, 0.15) is 5.56 Å². The summed E-state index contributed by atoms with van der Waals surface area (Å²) in [5.41, 5.74) is 1.22. The van der Waals surface area contributed by atoms with Crippen molar-refractivity contribution in [3.63, 3.8) is 0 Å². The van der Waals surface area contributed by atoms with Gasteiger partial charge in [-0.2, -0.15) is 0 Å². The summed E-state index contributed by atoms with van der Waals surface area (Å²) in [6.07, 6.45) is 3.60. The molecule has 0 radical (unpaired) electrons. The molecule has 2 aromatic rings. The van der Waals surface area contributed by atoms with Crippen LogP contribution >= 0.6 is 24.0 Å². The van der Waals surface area contributed by atoms with Crippen molar-refractivity contribution in [1.29, 1.82) is 0 Å². The molecule has 0 aliphatic carbocycles. The monoisotopic (exact) mass is 495 g/mol. The van der Waals surface area contributed by atoms with Gasteiger partial charge in [-0.15, -0.1) is 24.0 Å². The molecule has 1 aliphatic heterocycles. The maximum atomic E-state index is 4.72. The van der Waals surface area contributed by atoms with Crippen molar-refractivity contribution in [2.45, 2.75) is 6.54 Å². The van der Waals surface area contributed by atoms with Gasteiger partial charge >= 0.3 is 0 Å². The maximum absolute atomic E-state index is 4.72. The van der Waals surface area contributed by atoms with Crippen molar-refractivity contribution >= 4 is 35.9 Å². The fourth-order valence-corrected chi connectivity index (χ4v) is 3.06. The molecule has 0 spiro atoms. The summed E-state index contributed by atoms with van der Waals surface area (Å²) in [4.78, 5) is 20.1. The fourth-order valence-electron chi connectivity index (χ4n) is 3.06. The normalized spacial score (nSPS) is 15.1. The van der Waals surface area contributed by atoms with E-state index in [1.807, 2.05) is 43.3 Å². The first-order valence-electron chi connectivity index (χ1n) is 9.46. The van der Waals surface area contributed by atoms with Gasteiger partial charge in [-0.1, -0.05) is 30.3 Å². The van der Waals surface area contributed by atoms with E-state index >= 15 is 0 Å². The van der Waals surface area contributed by atoms with Crippen LogP contribution in [0.25, 0.3) is 0 Å². The Hall–Kier alpha value is -1.94. The largest absolute Gasteiger partial charge is 0.355 e. The van der Waals surface area contributed by atoms with Gasteiger partial charge in [-0.3, -0.25) is 4.90 Å². The molecule has 3 rings (SSSR count). The Balaban J connectivity index is 0.00000280. The average Bonchev–Trinajstić information content (AvgIpc) is 2.72. The highest BCUT2D eigenvalue weighted by molar-refractivity contribution is 14.0. The third-order valence-corrected chi connectivity index (χ3v) is 4.60. The van der Waals surface area contributed by atoms with E-state index in [1.54, 1.807) is 12.4 Å². The van der Waals surface area contributed by atoms with Crippen LogP contribution in [0.3, 0.4) is 0 Å². The van der Waals surface area contributed by atoms with E-state index in [2.05, 4.69) is 37.2 Å². The van der Waals surface area contributed by atoms with E-state index in [9.17, 15) is 0 Å². The number of piperazine rings is 1. The van der Waals surface area contributed by atoms with E-state index in [0.29, 0.717) is 6.54 Å². The minimum absolute atomic E-state index is 0. The number of nitrogens with zero attached hydrogens (tertiary/aromatic N) is 6. The Morgan fingerprint density at radius 2 is 1.71 bits per heavy atom. The van der Waals surface area contributed by atoms with Crippen LogP contribution in [0, 0.1) is 0 Å². The highest BCUT2D eigenvalue weighted by Gasteiger charge is 2.18. The van der Waals surface area contributed by atoms with Crippen molar-refractivity contribution in [2.24, 2.45) is 4.99 Å². The summed E-state index contributed by atoms with van der Waals surface area (Å²) >= 11 is 0. The molecule has 0 bridgehead atoms. The second kappa shape index (κ2) is 11.8. The average molecular weight is 495 g/mol. The minimum atomic E-state index is 0. The van der Waals surface area contributed by atoms with Crippen LogP contribution < -0.4 is 10.2 Å². The molecule has 8 heteroatoms. The first-order valence-corrected chi connectivity index (χ1v) is 9.46. The van der Waals surface area contributed by atoms with Crippen LogP contribution in [0.4, 0.5) is 5.95 Å². The van der Waals surface area contributed by atoms with Crippen molar-refractivity contribution in [3.05, 3.63) is 54.4 Å². The summed E-state index contributed by atoms with van der Waals surface area (Å²) in [6, 6.07) is 12.2. The Kier molecular flexibility index (Phi) is 9.42. The van der Waals surface area contributed by atoms with Gasteiger partial charge in [0.1, 0.15) is 0 Å². The lowest BCUT2D eigenvalue weighted by Gasteiger charge is -2.34. The van der Waals surface area contributed by atoms with E-state index in [4.69, 9.17) is 4.99 Å².